The van der Waals surface area contributed by atoms with Crippen molar-refractivity contribution in [1.82, 2.24) is 0 Å². The lowest BCUT2D eigenvalue weighted by molar-refractivity contribution is 0.215. The minimum Gasteiger partial charge on any atom is -0.508 e. The molecule has 4 nitrogen and oxygen atoms in total. The van der Waals surface area contributed by atoms with Crippen LogP contribution in [-0.2, 0) is 0 Å². The number of carbonyl (C=O) groups is 1. The van der Waals surface area contributed by atoms with Crippen molar-refractivity contribution in [3.63, 3.8) is 0 Å². The molecule has 4 heteroatoms. The van der Waals surface area contributed by atoms with E-state index in [0.29, 0.717) is 11.4 Å². The summed E-state index contributed by atoms with van der Waals surface area (Å²) in [6.07, 6.45) is -0.568. The average Bonchev–Trinajstić information content (AvgIpc) is 2.33. The second-order valence-electron chi connectivity index (χ2n) is 3.37. The smallest absolute Gasteiger partial charge is 0.417 e. The van der Waals surface area contributed by atoms with Gasteiger partial charge in [-0.25, -0.2) is 4.79 Å². The van der Waals surface area contributed by atoms with Gasteiger partial charge < -0.3 is 9.84 Å². The normalized spacial score (nSPS) is 9.65. The molecule has 0 aliphatic carbocycles. The molecule has 0 radical (unpaired) electrons. The van der Waals surface area contributed by atoms with E-state index < -0.39 is 6.09 Å². The van der Waals surface area contributed by atoms with Gasteiger partial charge in [-0.2, -0.15) is 0 Å². The fraction of sp³-hybridized carbons (Fsp3) is 0. The van der Waals surface area contributed by atoms with Crippen molar-refractivity contribution in [3.05, 3.63) is 54.6 Å². The lowest BCUT2D eigenvalue weighted by Crippen LogP contribution is -2.16. The van der Waals surface area contributed by atoms with Crippen molar-refractivity contribution < 1.29 is 14.6 Å². The third-order valence-corrected chi connectivity index (χ3v) is 2.07. The van der Waals surface area contributed by atoms with E-state index in [1.807, 2.05) is 18.2 Å². The SMILES string of the molecule is O=C(Nc1ccccc1)Oc1ccc(O)cc1. The number of amides is 1. The van der Waals surface area contributed by atoms with E-state index in [4.69, 9.17) is 9.84 Å². The first kappa shape index (κ1) is 11.0. The van der Waals surface area contributed by atoms with Crippen molar-refractivity contribution in [3.8, 4) is 11.5 Å². The minimum absolute atomic E-state index is 0.126. The molecule has 0 aromatic heterocycles. The molecule has 2 rings (SSSR count). The fourth-order valence-electron chi connectivity index (χ4n) is 1.29. The predicted octanol–water partition coefficient (Wildman–Crippen LogP) is 3.00. The predicted molar refractivity (Wildman–Crippen MR) is 64.2 cm³/mol. The van der Waals surface area contributed by atoms with Crippen LogP contribution in [0.15, 0.2) is 54.6 Å². The van der Waals surface area contributed by atoms with Crippen molar-refractivity contribution >= 4 is 11.8 Å². The highest BCUT2D eigenvalue weighted by Crippen LogP contribution is 2.16. The Morgan fingerprint density at radius 1 is 1.00 bits per heavy atom. The third-order valence-electron chi connectivity index (χ3n) is 2.07. The number of nitrogens with one attached hydrogen (secondary N) is 1. The second kappa shape index (κ2) is 5.03. The van der Waals surface area contributed by atoms with E-state index in [1.165, 1.54) is 24.3 Å². The summed E-state index contributed by atoms with van der Waals surface area (Å²) in [5, 5.41) is 11.7. The Morgan fingerprint density at radius 3 is 2.29 bits per heavy atom. The molecule has 0 aliphatic heterocycles. The first-order valence-corrected chi connectivity index (χ1v) is 5.07. The van der Waals surface area contributed by atoms with Crippen LogP contribution in [-0.4, -0.2) is 11.2 Å². The summed E-state index contributed by atoms with van der Waals surface area (Å²) >= 11 is 0. The van der Waals surface area contributed by atoms with Crippen LogP contribution in [0.25, 0.3) is 0 Å². The van der Waals surface area contributed by atoms with Crippen LogP contribution in [0.2, 0.25) is 0 Å². The number of aromatic hydroxyl groups is 1. The van der Waals surface area contributed by atoms with Gasteiger partial charge in [0.05, 0.1) is 0 Å². The van der Waals surface area contributed by atoms with Gasteiger partial charge in [0.15, 0.2) is 0 Å². The standard InChI is InChI=1S/C13H11NO3/c15-11-6-8-12(9-7-11)17-13(16)14-10-4-2-1-3-5-10/h1-9,15H,(H,14,16). The topological polar surface area (TPSA) is 58.6 Å². The van der Waals surface area contributed by atoms with E-state index in [1.54, 1.807) is 12.1 Å². The Labute approximate surface area is 98.5 Å². The third kappa shape index (κ3) is 3.24. The van der Waals surface area contributed by atoms with Gasteiger partial charge in [0.1, 0.15) is 11.5 Å². The van der Waals surface area contributed by atoms with Gasteiger partial charge in [-0.05, 0) is 36.4 Å². The molecular formula is C13H11NO3. The molecule has 2 aromatic carbocycles. The first-order valence-electron chi connectivity index (χ1n) is 5.07. The number of benzene rings is 2. The molecule has 0 saturated heterocycles. The molecule has 2 aromatic rings. The lowest BCUT2D eigenvalue weighted by Gasteiger charge is -2.06. The van der Waals surface area contributed by atoms with E-state index in [-0.39, 0.29) is 5.75 Å². The molecule has 2 N–H and O–H groups in total. The Balaban J connectivity index is 1.96. The fourth-order valence-corrected chi connectivity index (χ4v) is 1.29. The number of phenolic OH excluding ortho intramolecular Hbond substituents is 1. The Bertz CT molecular complexity index is 494. The number of hydrogen-bond acceptors (Lipinski definition) is 3. The largest absolute Gasteiger partial charge is 0.508 e. The first-order chi connectivity index (χ1) is 8.24. The maximum atomic E-state index is 11.5. The van der Waals surface area contributed by atoms with Gasteiger partial charge in [-0.1, -0.05) is 18.2 Å². The van der Waals surface area contributed by atoms with Gasteiger partial charge in [0, 0.05) is 5.69 Å². The van der Waals surface area contributed by atoms with Crippen molar-refractivity contribution in [2.45, 2.75) is 0 Å². The van der Waals surface area contributed by atoms with Crippen LogP contribution in [0.3, 0.4) is 0 Å². The van der Waals surface area contributed by atoms with Crippen molar-refractivity contribution in [2.75, 3.05) is 5.32 Å². The van der Waals surface area contributed by atoms with Gasteiger partial charge >= 0.3 is 6.09 Å². The quantitative estimate of drug-likeness (QED) is 0.832. The van der Waals surface area contributed by atoms with E-state index in [0.717, 1.165) is 0 Å². The van der Waals surface area contributed by atoms with Gasteiger partial charge in [-0.15, -0.1) is 0 Å². The van der Waals surface area contributed by atoms with Crippen LogP contribution in [0, 0.1) is 0 Å². The molecule has 0 spiro atoms. The average molecular weight is 229 g/mol. The van der Waals surface area contributed by atoms with E-state index in [2.05, 4.69) is 5.32 Å². The molecular weight excluding hydrogens is 218 g/mol. The maximum absolute atomic E-state index is 11.5. The zero-order valence-corrected chi connectivity index (χ0v) is 8.96. The highest BCUT2D eigenvalue weighted by molar-refractivity contribution is 5.86. The monoisotopic (exact) mass is 229 g/mol. The number of anilines is 1. The van der Waals surface area contributed by atoms with E-state index in [9.17, 15) is 4.79 Å². The van der Waals surface area contributed by atoms with Crippen LogP contribution in [0.1, 0.15) is 0 Å². The summed E-state index contributed by atoms with van der Waals surface area (Å²) in [6.45, 7) is 0. The number of para-hydroxylation sites is 1. The summed E-state index contributed by atoms with van der Waals surface area (Å²) in [5.74, 6) is 0.497. The zero-order chi connectivity index (χ0) is 12.1. The molecule has 1 amide bonds. The zero-order valence-electron chi connectivity index (χ0n) is 8.96. The molecule has 0 unspecified atom stereocenters. The lowest BCUT2D eigenvalue weighted by atomic mass is 10.3. The minimum atomic E-state index is -0.568. The van der Waals surface area contributed by atoms with Gasteiger partial charge in [0.25, 0.3) is 0 Å². The number of rotatable bonds is 2. The molecule has 0 fully saturated rings. The molecule has 0 atom stereocenters. The molecule has 86 valence electrons. The number of phenols is 1. The summed E-state index contributed by atoms with van der Waals surface area (Å²) in [4.78, 5) is 11.5. The maximum Gasteiger partial charge on any atom is 0.417 e. The van der Waals surface area contributed by atoms with Crippen molar-refractivity contribution in [1.29, 1.82) is 0 Å². The van der Waals surface area contributed by atoms with Crippen LogP contribution >= 0.6 is 0 Å². The Hall–Kier alpha value is -2.49. The Morgan fingerprint density at radius 2 is 1.65 bits per heavy atom. The van der Waals surface area contributed by atoms with Gasteiger partial charge in [0.2, 0.25) is 0 Å². The highest BCUT2D eigenvalue weighted by atomic mass is 16.6. The van der Waals surface area contributed by atoms with Crippen LogP contribution in [0.5, 0.6) is 11.5 Å². The molecule has 17 heavy (non-hydrogen) atoms. The van der Waals surface area contributed by atoms with Crippen LogP contribution in [0.4, 0.5) is 10.5 Å². The molecule has 0 bridgehead atoms. The summed E-state index contributed by atoms with van der Waals surface area (Å²) < 4.78 is 5.01. The van der Waals surface area contributed by atoms with Gasteiger partial charge in [-0.3, -0.25) is 5.32 Å². The summed E-state index contributed by atoms with van der Waals surface area (Å²) in [6, 6.07) is 14.9. The molecule has 0 aliphatic rings. The second-order valence-corrected chi connectivity index (χ2v) is 3.37. The molecule has 0 heterocycles. The number of carbonyl (C=O) groups excluding carboxylic acids is 1. The molecule has 0 saturated carbocycles. The number of ether oxygens (including phenoxy) is 1. The Kier molecular flexibility index (Phi) is 3.25. The summed E-state index contributed by atoms with van der Waals surface area (Å²) in [7, 11) is 0. The van der Waals surface area contributed by atoms with Crippen LogP contribution < -0.4 is 10.1 Å². The van der Waals surface area contributed by atoms with E-state index >= 15 is 0 Å². The number of hydrogen-bond donors (Lipinski definition) is 2. The highest BCUT2D eigenvalue weighted by Gasteiger charge is 2.04. The summed E-state index contributed by atoms with van der Waals surface area (Å²) in [5.41, 5.74) is 0.663. The van der Waals surface area contributed by atoms with Crippen molar-refractivity contribution in [2.24, 2.45) is 0 Å².